The molecule has 2 fully saturated rings. The molecular formula is C18H27ClN4O2S. The summed E-state index contributed by atoms with van der Waals surface area (Å²) in [5, 5.41) is 3.73. The van der Waals surface area contributed by atoms with E-state index in [0.717, 1.165) is 25.6 Å². The maximum atomic E-state index is 12.3. The van der Waals surface area contributed by atoms with Gasteiger partial charge < -0.3 is 10.2 Å². The van der Waals surface area contributed by atoms with E-state index >= 15 is 0 Å². The van der Waals surface area contributed by atoms with Crippen LogP contribution in [0.2, 0.25) is 5.02 Å². The summed E-state index contributed by atoms with van der Waals surface area (Å²) in [7, 11) is -3.56. The second-order valence-electron chi connectivity index (χ2n) is 7.12. The van der Waals surface area contributed by atoms with Crippen molar-refractivity contribution in [3.63, 3.8) is 0 Å². The van der Waals surface area contributed by atoms with Gasteiger partial charge in [-0.15, -0.1) is 0 Å². The number of sulfonamides is 1. The average molecular weight is 399 g/mol. The topological polar surface area (TPSA) is 73.8 Å². The van der Waals surface area contributed by atoms with Crippen molar-refractivity contribution in [3.05, 3.63) is 29.3 Å². The van der Waals surface area contributed by atoms with E-state index in [9.17, 15) is 8.42 Å². The third-order valence-electron chi connectivity index (χ3n) is 5.26. The first-order valence-electron chi connectivity index (χ1n) is 9.23. The highest BCUT2D eigenvalue weighted by molar-refractivity contribution is 7.89. The number of guanidine groups is 1. The van der Waals surface area contributed by atoms with Crippen LogP contribution in [0.3, 0.4) is 0 Å². The van der Waals surface area contributed by atoms with Crippen LogP contribution in [0.25, 0.3) is 0 Å². The first-order valence-corrected chi connectivity index (χ1v) is 11.1. The van der Waals surface area contributed by atoms with Gasteiger partial charge >= 0.3 is 0 Å². The normalized spacial score (nSPS) is 19.6. The summed E-state index contributed by atoms with van der Waals surface area (Å²) in [6.45, 7) is 5.59. The zero-order chi connectivity index (χ0) is 18.6. The molecule has 6 nitrogen and oxygen atoms in total. The number of nitrogens with one attached hydrogen (secondary N) is 2. The van der Waals surface area contributed by atoms with E-state index in [0.29, 0.717) is 17.0 Å². The van der Waals surface area contributed by atoms with Crippen molar-refractivity contribution in [1.29, 1.82) is 0 Å². The Balaban J connectivity index is 1.55. The van der Waals surface area contributed by atoms with E-state index in [1.54, 1.807) is 12.1 Å². The summed E-state index contributed by atoms with van der Waals surface area (Å²) in [6, 6.07) is 6.25. The lowest BCUT2D eigenvalue weighted by Crippen LogP contribution is -2.43. The average Bonchev–Trinajstić information content (AvgIpc) is 3.03. The van der Waals surface area contributed by atoms with Gasteiger partial charge in [0.2, 0.25) is 10.0 Å². The molecule has 1 spiro atoms. The molecule has 1 aliphatic heterocycles. The van der Waals surface area contributed by atoms with E-state index in [1.807, 2.05) is 6.92 Å². The smallest absolute Gasteiger partial charge is 0.240 e. The molecule has 8 heteroatoms. The van der Waals surface area contributed by atoms with Crippen LogP contribution in [0.15, 0.2) is 34.2 Å². The van der Waals surface area contributed by atoms with Gasteiger partial charge in [-0.05, 0) is 49.8 Å². The first kappa shape index (κ1) is 19.5. The van der Waals surface area contributed by atoms with Gasteiger partial charge in [0.25, 0.3) is 0 Å². The maximum absolute atomic E-state index is 12.3. The fourth-order valence-corrected chi connectivity index (χ4v) is 5.01. The molecule has 1 aromatic carbocycles. The number of aliphatic imine (C=N–C) groups is 1. The second-order valence-corrected chi connectivity index (χ2v) is 9.32. The summed E-state index contributed by atoms with van der Waals surface area (Å²) >= 11 is 5.87. The molecule has 1 aromatic rings. The van der Waals surface area contributed by atoms with Gasteiger partial charge in [0.15, 0.2) is 5.96 Å². The Morgan fingerprint density at radius 3 is 2.77 bits per heavy atom. The van der Waals surface area contributed by atoms with Crippen LogP contribution in [0.1, 0.15) is 32.6 Å². The zero-order valence-electron chi connectivity index (χ0n) is 15.2. The van der Waals surface area contributed by atoms with Gasteiger partial charge in [-0.1, -0.05) is 24.1 Å². The van der Waals surface area contributed by atoms with Gasteiger partial charge in [0, 0.05) is 31.2 Å². The molecule has 1 heterocycles. The molecule has 0 bridgehead atoms. The fourth-order valence-electron chi connectivity index (χ4n) is 3.69. The number of halogens is 1. The van der Waals surface area contributed by atoms with E-state index in [1.165, 1.54) is 37.8 Å². The van der Waals surface area contributed by atoms with Crippen molar-refractivity contribution < 1.29 is 8.42 Å². The Kier molecular flexibility index (Phi) is 6.10. The first-order chi connectivity index (χ1) is 12.4. The van der Waals surface area contributed by atoms with Crippen LogP contribution in [0.5, 0.6) is 0 Å². The highest BCUT2D eigenvalue weighted by atomic mass is 35.5. The van der Waals surface area contributed by atoms with E-state index in [2.05, 4.69) is 19.9 Å². The maximum Gasteiger partial charge on any atom is 0.240 e. The lowest BCUT2D eigenvalue weighted by Gasteiger charge is -2.38. The molecule has 0 amide bonds. The predicted octanol–water partition coefficient (Wildman–Crippen LogP) is 2.46. The minimum atomic E-state index is -3.56. The minimum Gasteiger partial charge on any atom is -0.357 e. The lowest BCUT2D eigenvalue weighted by atomic mass is 9.68. The van der Waals surface area contributed by atoms with Gasteiger partial charge in [-0.2, -0.15) is 0 Å². The molecule has 26 heavy (non-hydrogen) atoms. The van der Waals surface area contributed by atoms with E-state index in [-0.39, 0.29) is 11.4 Å². The van der Waals surface area contributed by atoms with Gasteiger partial charge in [0.1, 0.15) is 0 Å². The van der Waals surface area contributed by atoms with Gasteiger partial charge in [-0.25, -0.2) is 13.1 Å². The second kappa shape index (κ2) is 8.15. The van der Waals surface area contributed by atoms with Crippen LogP contribution in [0, 0.1) is 5.41 Å². The van der Waals surface area contributed by atoms with Crippen molar-refractivity contribution >= 4 is 27.6 Å². The molecule has 1 saturated heterocycles. The van der Waals surface area contributed by atoms with Crippen molar-refractivity contribution in [2.24, 2.45) is 10.4 Å². The summed E-state index contributed by atoms with van der Waals surface area (Å²) in [5.74, 6) is 0.887. The molecular weight excluding hydrogens is 372 g/mol. The summed E-state index contributed by atoms with van der Waals surface area (Å²) < 4.78 is 27.2. The SMILES string of the molecule is CCNC(=NCCNS(=O)(=O)c1cccc(Cl)c1)N1CCC2(CCC2)C1. The van der Waals surface area contributed by atoms with Crippen molar-refractivity contribution in [3.8, 4) is 0 Å². The Labute approximate surface area is 161 Å². The third-order valence-corrected chi connectivity index (χ3v) is 6.95. The zero-order valence-corrected chi connectivity index (χ0v) is 16.7. The molecule has 3 rings (SSSR count). The number of benzene rings is 1. The van der Waals surface area contributed by atoms with Crippen molar-refractivity contribution in [2.75, 3.05) is 32.7 Å². The summed E-state index contributed by atoms with van der Waals surface area (Å²) in [4.78, 5) is 7.10. The minimum absolute atomic E-state index is 0.173. The highest BCUT2D eigenvalue weighted by Crippen LogP contribution is 2.47. The Bertz CT molecular complexity index is 762. The number of nitrogens with zero attached hydrogens (tertiary/aromatic N) is 2. The molecule has 144 valence electrons. The Hall–Kier alpha value is -1.31. The molecule has 0 atom stereocenters. The van der Waals surface area contributed by atoms with Crippen LogP contribution < -0.4 is 10.0 Å². The fraction of sp³-hybridized carbons (Fsp3) is 0.611. The van der Waals surface area contributed by atoms with Crippen molar-refractivity contribution in [1.82, 2.24) is 14.9 Å². The monoisotopic (exact) mass is 398 g/mol. The van der Waals surface area contributed by atoms with Crippen molar-refractivity contribution in [2.45, 2.75) is 37.5 Å². The highest BCUT2D eigenvalue weighted by Gasteiger charge is 2.43. The van der Waals surface area contributed by atoms with Gasteiger partial charge in [0.05, 0.1) is 11.4 Å². The van der Waals surface area contributed by atoms with Crippen LogP contribution in [-0.4, -0.2) is 52.0 Å². The molecule has 0 unspecified atom stereocenters. The molecule has 1 saturated carbocycles. The molecule has 0 radical (unpaired) electrons. The predicted molar refractivity (Wildman–Crippen MR) is 105 cm³/mol. The summed E-state index contributed by atoms with van der Waals surface area (Å²) in [5.41, 5.74) is 0.504. The lowest BCUT2D eigenvalue weighted by molar-refractivity contribution is 0.151. The molecule has 2 N–H and O–H groups in total. The molecule has 0 aromatic heterocycles. The standard InChI is InChI=1S/C18H27ClN4O2S/c1-2-20-17(23-12-9-18(14-23)7-4-8-18)21-10-11-22-26(24,25)16-6-3-5-15(19)13-16/h3,5-6,13,22H,2,4,7-12,14H2,1H3,(H,20,21). The third kappa shape index (κ3) is 4.50. The Morgan fingerprint density at radius 2 is 2.15 bits per heavy atom. The van der Waals surface area contributed by atoms with Crippen LogP contribution in [-0.2, 0) is 10.0 Å². The summed E-state index contributed by atoms with van der Waals surface area (Å²) in [6.07, 6.45) is 5.22. The van der Waals surface area contributed by atoms with E-state index < -0.39 is 10.0 Å². The molecule has 2 aliphatic rings. The Morgan fingerprint density at radius 1 is 1.35 bits per heavy atom. The van der Waals surface area contributed by atoms with Gasteiger partial charge in [-0.3, -0.25) is 4.99 Å². The molecule has 1 aliphatic carbocycles. The number of likely N-dealkylation sites (tertiary alicyclic amines) is 1. The quantitative estimate of drug-likeness (QED) is 0.438. The van der Waals surface area contributed by atoms with Crippen LogP contribution >= 0.6 is 11.6 Å². The van der Waals surface area contributed by atoms with Crippen LogP contribution in [0.4, 0.5) is 0 Å². The number of rotatable bonds is 6. The number of hydrogen-bond donors (Lipinski definition) is 2. The van der Waals surface area contributed by atoms with E-state index in [4.69, 9.17) is 11.6 Å². The number of hydrogen-bond acceptors (Lipinski definition) is 3. The largest absolute Gasteiger partial charge is 0.357 e.